The van der Waals surface area contributed by atoms with Gasteiger partial charge in [0.25, 0.3) is 0 Å². The largest absolute Gasteiger partial charge is 0.0654 e. The lowest BCUT2D eigenvalue weighted by Gasteiger charge is -2.10. The average Bonchev–Trinajstić information content (AvgIpc) is 2.42. The van der Waals surface area contributed by atoms with E-state index < -0.39 is 0 Å². The van der Waals surface area contributed by atoms with Gasteiger partial charge in [-0.05, 0) is 5.92 Å². The van der Waals surface area contributed by atoms with Crippen LogP contribution >= 0.6 is 0 Å². The van der Waals surface area contributed by atoms with Gasteiger partial charge in [-0.3, -0.25) is 0 Å². The monoisotopic (exact) mass is 267 g/mol. The van der Waals surface area contributed by atoms with Crippen LogP contribution in [0.15, 0.2) is 0 Å². The molecule has 0 N–H and O–H groups in total. The van der Waals surface area contributed by atoms with Crippen LogP contribution < -0.4 is 0 Å². The molecule has 1 unspecified atom stereocenters. The number of hydrogen-bond donors (Lipinski definition) is 0. The summed E-state index contributed by atoms with van der Waals surface area (Å²) in [6.45, 7) is 8.62. The summed E-state index contributed by atoms with van der Waals surface area (Å²) < 4.78 is 0. The molecule has 1 atom stereocenters. The van der Waals surface area contributed by atoms with E-state index in [1.165, 1.54) is 89.9 Å². The van der Waals surface area contributed by atoms with Crippen molar-refractivity contribution in [3.63, 3.8) is 0 Å². The van der Waals surface area contributed by atoms with Crippen LogP contribution in [0.3, 0.4) is 0 Å². The lowest BCUT2D eigenvalue weighted by molar-refractivity contribution is 0.440. The Balaban J connectivity index is 3.02. The van der Waals surface area contributed by atoms with E-state index >= 15 is 0 Å². The van der Waals surface area contributed by atoms with E-state index in [0.717, 1.165) is 12.3 Å². The number of unbranched alkanes of at least 4 members (excludes halogenated alkanes) is 11. The zero-order valence-electron chi connectivity index (χ0n) is 13.9. The maximum atomic E-state index is 3.89. The van der Waals surface area contributed by atoms with Gasteiger partial charge in [0.05, 0.1) is 0 Å². The quantitative estimate of drug-likeness (QED) is 0.272. The van der Waals surface area contributed by atoms with Gasteiger partial charge in [-0.15, -0.1) is 0 Å². The summed E-state index contributed by atoms with van der Waals surface area (Å²) in [4.78, 5) is 0. The maximum Gasteiger partial charge on any atom is -0.0443 e. The summed E-state index contributed by atoms with van der Waals surface area (Å²) in [5, 5.41) is 0. The highest BCUT2D eigenvalue weighted by Gasteiger charge is 2.00. The first kappa shape index (κ1) is 19.0. The van der Waals surface area contributed by atoms with Crippen molar-refractivity contribution in [3.05, 3.63) is 6.92 Å². The first-order valence-electron chi connectivity index (χ1n) is 9.10. The van der Waals surface area contributed by atoms with Crippen LogP contribution in [0.2, 0.25) is 0 Å². The Morgan fingerprint density at radius 3 is 1.53 bits per heavy atom. The molecule has 0 bridgehead atoms. The van der Waals surface area contributed by atoms with Crippen LogP contribution in [0.5, 0.6) is 0 Å². The van der Waals surface area contributed by atoms with Gasteiger partial charge in [-0.1, -0.05) is 117 Å². The van der Waals surface area contributed by atoms with Crippen molar-refractivity contribution in [2.24, 2.45) is 5.92 Å². The van der Waals surface area contributed by atoms with Crippen LogP contribution in [0.4, 0.5) is 0 Å². The van der Waals surface area contributed by atoms with Crippen molar-refractivity contribution >= 4 is 0 Å². The van der Waals surface area contributed by atoms with Crippen LogP contribution in [0.1, 0.15) is 110 Å². The van der Waals surface area contributed by atoms with Crippen molar-refractivity contribution in [1.82, 2.24) is 0 Å². The van der Waals surface area contributed by atoms with Crippen LogP contribution in [0, 0.1) is 12.8 Å². The molecule has 0 aliphatic heterocycles. The van der Waals surface area contributed by atoms with Gasteiger partial charge in [0, 0.05) is 0 Å². The fourth-order valence-corrected chi connectivity index (χ4v) is 2.78. The molecule has 0 aliphatic rings. The molecule has 0 aromatic rings. The van der Waals surface area contributed by atoms with Crippen molar-refractivity contribution in [1.29, 1.82) is 0 Å². The second kappa shape index (κ2) is 16.1. The van der Waals surface area contributed by atoms with Crippen molar-refractivity contribution < 1.29 is 0 Å². The van der Waals surface area contributed by atoms with Crippen molar-refractivity contribution in [2.45, 2.75) is 110 Å². The molecule has 0 nitrogen and oxygen atoms in total. The summed E-state index contributed by atoms with van der Waals surface area (Å²) in [7, 11) is 0. The van der Waals surface area contributed by atoms with Crippen LogP contribution in [0.25, 0.3) is 0 Å². The fraction of sp³-hybridized carbons (Fsp3) is 0.947. The maximum absolute atomic E-state index is 3.89. The second-order valence-electron chi connectivity index (χ2n) is 6.43. The van der Waals surface area contributed by atoms with Gasteiger partial charge in [0.2, 0.25) is 0 Å². The van der Waals surface area contributed by atoms with Gasteiger partial charge in [0.1, 0.15) is 0 Å². The highest BCUT2D eigenvalue weighted by molar-refractivity contribution is 4.54. The third-order valence-corrected chi connectivity index (χ3v) is 4.25. The molecule has 0 saturated carbocycles. The lowest BCUT2D eigenvalue weighted by Crippen LogP contribution is -1.94. The van der Waals surface area contributed by atoms with E-state index in [-0.39, 0.29) is 0 Å². The predicted molar refractivity (Wildman–Crippen MR) is 89.5 cm³/mol. The smallest absolute Gasteiger partial charge is 0.0443 e. The molecule has 0 rings (SSSR count). The van der Waals surface area contributed by atoms with E-state index in [2.05, 4.69) is 20.8 Å². The van der Waals surface area contributed by atoms with Crippen LogP contribution in [-0.2, 0) is 0 Å². The van der Waals surface area contributed by atoms with Crippen molar-refractivity contribution in [2.75, 3.05) is 0 Å². The number of hydrogen-bond acceptors (Lipinski definition) is 0. The first-order chi connectivity index (χ1) is 9.31. The Labute approximate surface area is 123 Å². The summed E-state index contributed by atoms with van der Waals surface area (Å²) in [5.74, 6) is 0.966. The third-order valence-electron chi connectivity index (χ3n) is 4.25. The minimum absolute atomic E-state index is 0.966. The Morgan fingerprint density at radius 2 is 1.05 bits per heavy atom. The van der Waals surface area contributed by atoms with Gasteiger partial charge in [0.15, 0.2) is 0 Å². The Bertz CT molecular complexity index is 150. The highest BCUT2D eigenvalue weighted by Crippen LogP contribution is 2.17. The molecule has 0 heteroatoms. The minimum atomic E-state index is 0.966. The van der Waals surface area contributed by atoms with Crippen LogP contribution in [-0.4, -0.2) is 0 Å². The van der Waals surface area contributed by atoms with E-state index in [4.69, 9.17) is 0 Å². The molecule has 0 heterocycles. The fourth-order valence-electron chi connectivity index (χ4n) is 2.78. The van der Waals surface area contributed by atoms with Gasteiger partial charge >= 0.3 is 0 Å². The van der Waals surface area contributed by atoms with Gasteiger partial charge in [-0.2, -0.15) is 0 Å². The van der Waals surface area contributed by atoms with E-state index in [1.807, 2.05) is 0 Å². The molecule has 0 aromatic heterocycles. The van der Waals surface area contributed by atoms with E-state index in [9.17, 15) is 0 Å². The Morgan fingerprint density at radius 1 is 0.632 bits per heavy atom. The summed E-state index contributed by atoms with van der Waals surface area (Å²) in [5.41, 5.74) is 0. The van der Waals surface area contributed by atoms with Gasteiger partial charge < -0.3 is 0 Å². The molecule has 0 fully saturated rings. The second-order valence-corrected chi connectivity index (χ2v) is 6.43. The molecule has 0 spiro atoms. The summed E-state index contributed by atoms with van der Waals surface area (Å²) in [6.07, 6.45) is 21.2. The molecular weight excluding hydrogens is 228 g/mol. The zero-order chi connectivity index (χ0) is 14.2. The highest BCUT2D eigenvalue weighted by atomic mass is 14.1. The topological polar surface area (TPSA) is 0 Å². The summed E-state index contributed by atoms with van der Waals surface area (Å²) >= 11 is 0. The van der Waals surface area contributed by atoms with E-state index in [0.29, 0.717) is 0 Å². The normalized spacial score (nSPS) is 12.8. The average molecular weight is 268 g/mol. The van der Waals surface area contributed by atoms with E-state index in [1.54, 1.807) is 0 Å². The number of rotatable bonds is 15. The molecular formula is C19H39. The SMILES string of the molecule is [CH2]CCCCCCCCCCCCC(C)CCCC. The molecule has 19 heavy (non-hydrogen) atoms. The molecule has 1 radical (unpaired) electrons. The third kappa shape index (κ3) is 15.9. The Kier molecular flexibility index (Phi) is 16.1. The first-order valence-corrected chi connectivity index (χ1v) is 9.10. The summed E-state index contributed by atoms with van der Waals surface area (Å²) in [6, 6.07) is 0. The zero-order valence-corrected chi connectivity index (χ0v) is 13.9. The molecule has 0 amide bonds. The molecule has 0 aromatic carbocycles. The standard InChI is InChI=1S/C19H39/c1-4-6-8-9-10-11-12-13-14-15-16-18-19(3)17-7-5-2/h19H,1,4-18H2,2-3H3. The predicted octanol–water partition coefficient (Wildman–Crippen LogP) is 7.33. The molecule has 0 saturated heterocycles. The molecule has 0 aliphatic carbocycles. The Hall–Kier alpha value is 0. The lowest BCUT2D eigenvalue weighted by atomic mass is 9.97. The molecule has 115 valence electrons. The minimum Gasteiger partial charge on any atom is -0.0654 e. The van der Waals surface area contributed by atoms with Crippen molar-refractivity contribution in [3.8, 4) is 0 Å². The van der Waals surface area contributed by atoms with Gasteiger partial charge in [-0.25, -0.2) is 0 Å².